The van der Waals surface area contributed by atoms with Crippen LogP contribution in [0.15, 0.2) is 34.7 Å². The Morgan fingerprint density at radius 2 is 2.05 bits per heavy atom. The maximum atomic E-state index is 10.9. The molecule has 0 fully saturated rings. The van der Waals surface area contributed by atoms with E-state index in [1.807, 2.05) is 30.3 Å². The zero-order valence-corrected chi connectivity index (χ0v) is 12.5. The molecule has 1 heterocycles. The van der Waals surface area contributed by atoms with Crippen molar-refractivity contribution in [1.82, 2.24) is 10.2 Å². The second-order valence-electron chi connectivity index (χ2n) is 3.95. The average molecular weight is 309 g/mol. The molecule has 106 valence electrons. The third kappa shape index (κ3) is 4.82. The van der Waals surface area contributed by atoms with Gasteiger partial charge in [0.25, 0.3) is 5.91 Å². The molecule has 0 bridgehead atoms. The molecule has 0 atom stereocenters. The van der Waals surface area contributed by atoms with E-state index < -0.39 is 5.91 Å². The summed E-state index contributed by atoms with van der Waals surface area (Å²) in [6.07, 6.45) is 1.99. The Hall–Kier alpha value is -1.60. The molecule has 5 nitrogen and oxygen atoms in total. The van der Waals surface area contributed by atoms with Gasteiger partial charge in [0, 0.05) is 5.75 Å². The molecule has 7 heteroatoms. The van der Waals surface area contributed by atoms with E-state index in [1.165, 1.54) is 11.3 Å². The first-order valence-corrected chi connectivity index (χ1v) is 8.00. The van der Waals surface area contributed by atoms with Crippen LogP contribution >= 0.6 is 23.1 Å². The highest BCUT2D eigenvalue weighted by Crippen LogP contribution is 2.23. The molecular formula is C13H15N3O2S2. The number of para-hydroxylation sites is 1. The Morgan fingerprint density at radius 3 is 2.75 bits per heavy atom. The van der Waals surface area contributed by atoms with Crippen LogP contribution in [0.1, 0.15) is 22.6 Å². The molecule has 20 heavy (non-hydrogen) atoms. The minimum absolute atomic E-state index is 0.264. The van der Waals surface area contributed by atoms with E-state index in [0.29, 0.717) is 6.61 Å². The molecule has 2 rings (SSSR count). The van der Waals surface area contributed by atoms with Crippen molar-refractivity contribution in [2.75, 3.05) is 12.4 Å². The third-order valence-electron chi connectivity index (χ3n) is 2.39. The largest absolute Gasteiger partial charge is 0.494 e. The number of aromatic nitrogens is 2. The molecule has 0 spiro atoms. The van der Waals surface area contributed by atoms with E-state index in [0.717, 1.165) is 28.7 Å². The van der Waals surface area contributed by atoms with Crippen LogP contribution in [0.3, 0.4) is 0 Å². The van der Waals surface area contributed by atoms with Crippen LogP contribution < -0.4 is 10.5 Å². The number of nitrogens with zero attached hydrogens (tertiary/aromatic N) is 2. The van der Waals surface area contributed by atoms with E-state index >= 15 is 0 Å². The SMILES string of the molecule is NC(=O)c1nnc(SCCCCOc2ccccc2)s1. The van der Waals surface area contributed by atoms with Crippen LogP contribution in [0.5, 0.6) is 5.75 Å². The van der Waals surface area contributed by atoms with Crippen molar-refractivity contribution in [1.29, 1.82) is 0 Å². The fourth-order valence-corrected chi connectivity index (χ4v) is 3.21. The fraction of sp³-hybridized carbons (Fsp3) is 0.308. The minimum Gasteiger partial charge on any atom is -0.494 e. The number of nitrogens with two attached hydrogens (primary N) is 1. The summed E-state index contributed by atoms with van der Waals surface area (Å²) < 4.78 is 6.38. The van der Waals surface area contributed by atoms with Gasteiger partial charge in [-0.15, -0.1) is 10.2 Å². The summed E-state index contributed by atoms with van der Waals surface area (Å²) in [6, 6.07) is 9.77. The number of hydrogen-bond donors (Lipinski definition) is 1. The zero-order chi connectivity index (χ0) is 14.2. The van der Waals surface area contributed by atoms with Crippen LogP contribution in [-0.4, -0.2) is 28.5 Å². The Bertz CT molecular complexity index is 546. The lowest BCUT2D eigenvalue weighted by Crippen LogP contribution is -2.10. The summed E-state index contributed by atoms with van der Waals surface area (Å²) in [5.41, 5.74) is 5.12. The molecule has 2 aromatic rings. The summed E-state index contributed by atoms with van der Waals surface area (Å²) >= 11 is 2.82. The number of ether oxygens (including phenoxy) is 1. The second kappa shape index (κ2) is 7.86. The number of hydrogen-bond acceptors (Lipinski definition) is 6. The average Bonchev–Trinajstić information content (AvgIpc) is 2.93. The predicted molar refractivity (Wildman–Crippen MR) is 80.3 cm³/mol. The van der Waals surface area contributed by atoms with Gasteiger partial charge < -0.3 is 10.5 Å². The second-order valence-corrected chi connectivity index (χ2v) is 6.27. The quantitative estimate of drug-likeness (QED) is 0.599. The Labute approximate surface area is 125 Å². The van der Waals surface area contributed by atoms with Crippen LogP contribution in [0, 0.1) is 0 Å². The zero-order valence-electron chi connectivity index (χ0n) is 10.8. The van der Waals surface area contributed by atoms with E-state index in [-0.39, 0.29) is 5.01 Å². The maximum absolute atomic E-state index is 10.9. The lowest BCUT2D eigenvalue weighted by molar-refractivity contribution is 0.0999. The lowest BCUT2D eigenvalue weighted by Gasteiger charge is -2.04. The molecule has 2 N–H and O–H groups in total. The van der Waals surface area contributed by atoms with E-state index in [2.05, 4.69) is 10.2 Å². The minimum atomic E-state index is -0.523. The number of primary amides is 1. The van der Waals surface area contributed by atoms with Gasteiger partial charge in [-0.1, -0.05) is 41.3 Å². The molecule has 0 aliphatic rings. The van der Waals surface area contributed by atoms with Crippen molar-refractivity contribution in [3.8, 4) is 5.75 Å². The standard InChI is InChI=1S/C13H15N3O2S2/c14-11(17)12-15-16-13(20-12)19-9-5-4-8-18-10-6-2-1-3-7-10/h1-3,6-7H,4-5,8-9H2,(H2,14,17). The van der Waals surface area contributed by atoms with Gasteiger partial charge in [-0.2, -0.15) is 0 Å². The summed E-state index contributed by atoms with van der Waals surface area (Å²) in [6.45, 7) is 0.702. The fourth-order valence-electron chi connectivity index (χ4n) is 1.44. The van der Waals surface area contributed by atoms with Gasteiger partial charge in [-0.3, -0.25) is 4.79 Å². The van der Waals surface area contributed by atoms with Crippen LogP contribution in [-0.2, 0) is 0 Å². The van der Waals surface area contributed by atoms with Gasteiger partial charge in [-0.25, -0.2) is 0 Å². The summed E-state index contributed by atoms with van der Waals surface area (Å²) in [5, 5.41) is 7.88. The van der Waals surface area contributed by atoms with E-state index in [1.54, 1.807) is 11.8 Å². The first-order chi connectivity index (χ1) is 9.75. The Balaban J connectivity index is 1.58. The van der Waals surface area contributed by atoms with Crippen molar-refractivity contribution in [3.63, 3.8) is 0 Å². The van der Waals surface area contributed by atoms with Crippen molar-refractivity contribution in [2.24, 2.45) is 5.73 Å². The van der Waals surface area contributed by atoms with Gasteiger partial charge in [0.1, 0.15) is 5.75 Å². The first-order valence-electron chi connectivity index (χ1n) is 6.19. The Morgan fingerprint density at radius 1 is 1.25 bits per heavy atom. The molecule has 0 saturated carbocycles. The molecule has 1 aromatic carbocycles. The van der Waals surface area contributed by atoms with Gasteiger partial charge in [0.2, 0.25) is 5.01 Å². The third-order valence-corrected chi connectivity index (χ3v) is 4.55. The number of amides is 1. The lowest BCUT2D eigenvalue weighted by atomic mass is 10.3. The molecular weight excluding hydrogens is 294 g/mol. The molecule has 0 unspecified atom stereocenters. The number of benzene rings is 1. The summed E-state index contributed by atoms with van der Waals surface area (Å²) in [4.78, 5) is 10.9. The number of rotatable bonds is 8. The summed E-state index contributed by atoms with van der Waals surface area (Å²) in [7, 11) is 0. The highest BCUT2D eigenvalue weighted by atomic mass is 32.2. The molecule has 1 amide bonds. The van der Waals surface area contributed by atoms with Crippen LogP contribution in [0.4, 0.5) is 0 Å². The highest BCUT2D eigenvalue weighted by molar-refractivity contribution is 8.01. The number of thioether (sulfide) groups is 1. The molecule has 1 aromatic heterocycles. The normalized spacial score (nSPS) is 10.4. The van der Waals surface area contributed by atoms with Crippen molar-refractivity contribution in [2.45, 2.75) is 17.2 Å². The van der Waals surface area contributed by atoms with Gasteiger partial charge in [0.15, 0.2) is 4.34 Å². The number of unbranched alkanes of at least 4 members (excludes halogenated alkanes) is 1. The maximum Gasteiger partial charge on any atom is 0.279 e. The first kappa shape index (κ1) is 14.8. The van der Waals surface area contributed by atoms with Gasteiger partial charge in [0.05, 0.1) is 6.61 Å². The van der Waals surface area contributed by atoms with Crippen molar-refractivity contribution >= 4 is 29.0 Å². The molecule has 0 radical (unpaired) electrons. The number of carbonyl (C=O) groups excluding carboxylic acids is 1. The van der Waals surface area contributed by atoms with Crippen LogP contribution in [0.25, 0.3) is 0 Å². The predicted octanol–water partition coefficient (Wildman–Crippen LogP) is 2.59. The number of carbonyl (C=O) groups is 1. The monoisotopic (exact) mass is 309 g/mol. The smallest absolute Gasteiger partial charge is 0.279 e. The highest BCUT2D eigenvalue weighted by Gasteiger charge is 2.08. The van der Waals surface area contributed by atoms with E-state index in [4.69, 9.17) is 10.5 Å². The topological polar surface area (TPSA) is 78.1 Å². The van der Waals surface area contributed by atoms with Crippen LogP contribution in [0.2, 0.25) is 0 Å². The molecule has 0 aliphatic heterocycles. The van der Waals surface area contributed by atoms with Crippen molar-refractivity contribution in [3.05, 3.63) is 35.3 Å². The molecule has 0 saturated heterocycles. The van der Waals surface area contributed by atoms with Gasteiger partial charge >= 0.3 is 0 Å². The molecule has 0 aliphatic carbocycles. The van der Waals surface area contributed by atoms with E-state index in [9.17, 15) is 4.79 Å². The van der Waals surface area contributed by atoms with Gasteiger partial charge in [-0.05, 0) is 25.0 Å². The van der Waals surface area contributed by atoms with Crippen molar-refractivity contribution < 1.29 is 9.53 Å². The Kier molecular flexibility index (Phi) is 5.82. The summed E-state index contributed by atoms with van der Waals surface area (Å²) in [5.74, 6) is 1.30.